The maximum absolute atomic E-state index is 12.5. The van der Waals surface area contributed by atoms with E-state index in [1.54, 1.807) is 36.4 Å². The Labute approximate surface area is 146 Å². The van der Waals surface area contributed by atoms with Gasteiger partial charge in [0.25, 0.3) is 0 Å². The molecule has 132 valence electrons. The molecule has 0 fully saturated rings. The summed E-state index contributed by atoms with van der Waals surface area (Å²) >= 11 is 0. The highest BCUT2D eigenvalue weighted by Crippen LogP contribution is 2.25. The van der Waals surface area contributed by atoms with Crippen molar-refractivity contribution in [1.82, 2.24) is 0 Å². The second kappa shape index (κ2) is 7.85. The van der Waals surface area contributed by atoms with Crippen LogP contribution >= 0.6 is 0 Å². The number of carbonyl (C=O) groups excluding carboxylic acids is 1. The van der Waals surface area contributed by atoms with Crippen molar-refractivity contribution < 1.29 is 26.9 Å². The average Bonchev–Trinajstić information content (AvgIpc) is 2.61. The van der Waals surface area contributed by atoms with E-state index < -0.39 is 16.1 Å². The molecule has 0 aliphatic heterocycles. The zero-order chi connectivity index (χ0) is 18.4. The standard InChI is InChI=1S/C18H18O6S/c1-13-4-10-16(11-5-13)25(20,21)24-17(12-18(19)23-3)14-6-8-15(22-2)9-7-14/h4-12H,1-3H3/b17-12-. The van der Waals surface area contributed by atoms with Crippen molar-refractivity contribution in [2.75, 3.05) is 14.2 Å². The van der Waals surface area contributed by atoms with Gasteiger partial charge in [-0.3, -0.25) is 0 Å². The lowest BCUT2D eigenvalue weighted by Gasteiger charge is -2.11. The number of hydrogen-bond acceptors (Lipinski definition) is 6. The van der Waals surface area contributed by atoms with Gasteiger partial charge in [-0.15, -0.1) is 0 Å². The van der Waals surface area contributed by atoms with Gasteiger partial charge in [-0.1, -0.05) is 17.7 Å². The van der Waals surface area contributed by atoms with Crippen LogP contribution in [-0.4, -0.2) is 28.6 Å². The van der Waals surface area contributed by atoms with Crippen molar-refractivity contribution in [2.45, 2.75) is 11.8 Å². The molecule has 2 aromatic carbocycles. The summed E-state index contributed by atoms with van der Waals surface area (Å²) in [7, 11) is -1.40. The molecule has 0 saturated heterocycles. The van der Waals surface area contributed by atoms with E-state index in [1.165, 1.54) is 26.4 Å². The first-order valence-electron chi connectivity index (χ1n) is 7.31. The Bertz CT molecular complexity index is 865. The van der Waals surface area contributed by atoms with Gasteiger partial charge >= 0.3 is 16.1 Å². The number of methoxy groups -OCH3 is 2. The molecule has 0 aliphatic rings. The summed E-state index contributed by atoms with van der Waals surface area (Å²) in [5.74, 6) is -0.289. The first-order valence-corrected chi connectivity index (χ1v) is 8.72. The van der Waals surface area contributed by atoms with Crippen LogP contribution in [0.25, 0.3) is 5.76 Å². The van der Waals surface area contributed by atoms with E-state index in [4.69, 9.17) is 8.92 Å². The molecule has 0 aromatic heterocycles. The number of benzene rings is 2. The molecule has 0 N–H and O–H groups in total. The van der Waals surface area contributed by atoms with Crippen molar-refractivity contribution >= 4 is 21.8 Å². The quantitative estimate of drug-likeness (QED) is 0.340. The van der Waals surface area contributed by atoms with Gasteiger partial charge in [-0.25, -0.2) is 4.79 Å². The van der Waals surface area contributed by atoms with E-state index in [2.05, 4.69) is 4.74 Å². The maximum atomic E-state index is 12.5. The highest BCUT2D eigenvalue weighted by Gasteiger charge is 2.20. The zero-order valence-electron chi connectivity index (χ0n) is 14.1. The number of hydrogen-bond donors (Lipinski definition) is 0. The number of rotatable bonds is 6. The summed E-state index contributed by atoms with van der Waals surface area (Å²) < 4.78 is 39.8. The molecule has 0 bridgehead atoms. The van der Waals surface area contributed by atoms with E-state index in [-0.39, 0.29) is 10.7 Å². The van der Waals surface area contributed by atoms with Crippen LogP contribution < -0.4 is 4.74 Å². The Hall–Kier alpha value is -2.80. The fraction of sp³-hybridized carbons (Fsp3) is 0.167. The van der Waals surface area contributed by atoms with Gasteiger partial charge in [0.1, 0.15) is 10.6 Å². The Kier molecular flexibility index (Phi) is 5.82. The average molecular weight is 362 g/mol. The van der Waals surface area contributed by atoms with Crippen molar-refractivity contribution in [2.24, 2.45) is 0 Å². The van der Waals surface area contributed by atoms with Gasteiger partial charge in [0.2, 0.25) is 0 Å². The molecule has 0 aliphatic carbocycles. The van der Waals surface area contributed by atoms with Crippen molar-refractivity contribution in [3.63, 3.8) is 0 Å². The van der Waals surface area contributed by atoms with Gasteiger partial charge in [0.05, 0.1) is 20.3 Å². The molecule has 0 saturated carbocycles. The highest BCUT2D eigenvalue weighted by molar-refractivity contribution is 7.87. The number of aryl methyl sites for hydroxylation is 1. The van der Waals surface area contributed by atoms with E-state index in [0.29, 0.717) is 11.3 Å². The van der Waals surface area contributed by atoms with Crippen LogP contribution in [0, 0.1) is 6.92 Å². The van der Waals surface area contributed by atoms with E-state index in [9.17, 15) is 13.2 Å². The largest absolute Gasteiger partial charge is 0.497 e. The summed E-state index contributed by atoms with van der Waals surface area (Å²) in [5, 5.41) is 0. The predicted molar refractivity (Wildman–Crippen MR) is 92.4 cm³/mol. The minimum absolute atomic E-state index is 0.0117. The molecule has 2 aromatic rings. The van der Waals surface area contributed by atoms with Crippen LogP contribution in [0.4, 0.5) is 0 Å². The Morgan fingerprint density at radius 3 is 2.08 bits per heavy atom. The molecule has 7 heteroatoms. The SMILES string of the molecule is COC(=O)/C=C(\OS(=O)(=O)c1ccc(C)cc1)c1ccc(OC)cc1. The highest BCUT2D eigenvalue weighted by atomic mass is 32.2. The molecule has 0 atom stereocenters. The Morgan fingerprint density at radius 2 is 1.56 bits per heavy atom. The third-order valence-corrected chi connectivity index (χ3v) is 4.58. The third kappa shape index (κ3) is 4.84. The predicted octanol–water partition coefficient (Wildman–Crippen LogP) is 2.92. The lowest BCUT2D eigenvalue weighted by atomic mass is 10.2. The summed E-state index contributed by atoms with van der Waals surface area (Å²) in [6, 6.07) is 12.6. The number of carbonyl (C=O) groups is 1. The number of esters is 1. The van der Waals surface area contributed by atoms with Gasteiger partial charge in [-0.2, -0.15) is 8.42 Å². The van der Waals surface area contributed by atoms with Crippen molar-refractivity contribution in [1.29, 1.82) is 0 Å². The van der Waals surface area contributed by atoms with E-state index in [0.717, 1.165) is 11.6 Å². The lowest BCUT2D eigenvalue weighted by molar-refractivity contribution is -0.134. The molecular formula is C18H18O6S. The van der Waals surface area contributed by atoms with Crippen molar-refractivity contribution in [3.8, 4) is 5.75 Å². The second-order valence-corrected chi connectivity index (χ2v) is 6.66. The molecule has 25 heavy (non-hydrogen) atoms. The smallest absolute Gasteiger partial charge is 0.339 e. The third-order valence-electron chi connectivity index (χ3n) is 3.33. The van der Waals surface area contributed by atoms with Crippen LogP contribution in [0.3, 0.4) is 0 Å². The lowest BCUT2D eigenvalue weighted by Crippen LogP contribution is -2.08. The van der Waals surface area contributed by atoms with Gasteiger partial charge in [0.15, 0.2) is 5.76 Å². The van der Waals surface area contributed by atoms with Gasteiger partial charge in [0, 0.05) is 5.56 Å². The van der Waals surface area contributed by atoms with Crippen LogP contribution in [0.5, 0.6) is 5.75 Å². The fourth-order valence-electron chi connectivity index (χ4n) is 1.95. The van der Waals surface area contributed by atoms with E-state index in [1.807, 2.05) is 6.92 Å². The van der Waals surface area contributed by atoms with Crippen LogP contribution in [-0.2, 0) is 23.8 Å². The van der Waals surface area contributed by atoms with Crippen LogP contribution in [0.1, 0.15) is 11.1 Å². The zero-order valence-corrected chi connectivity index (χ0v) is 14.9. The molecular weight excluding hydrogens is 344 g/mol. The molecule has 0 radical (unpaired) electrons. The number of ether oxygens (including phenoxy) is 2. The fourth-order valence-corrected chi connectivity index (χ4v) is 2.89. The maximum Gasteiger partial charge on any atom is 0.339 e. The summed E-state index contributed by atoms with van der Waals surface area (Å²) in [6.45, 7) is 1.84. The summed E-state index contributed by atoms with van der Waals surface area (Å²) in [5.41, 5.74) is 1.31. The van der Waals surface area contributed by atoms with Crippen molar-refractivity contribution in [3.05, 3.63) is 65.7 Å². The van der Waals surface area contributed by atoms with Gasteiger partial charge < -0.3 is 13.7 Å². The Morgan fingerprint density at radius 1 is 0.960 bits per heavy atom. The topological polar surface area (TPSA) is 78.9 Å². The van der Waals surface area contributed by atoms with Crippen LogP contribution in [0.15, 0.2) is 59.5 Å². The molecule has 0 amide bonds. The summed E-state index contributed by atoms with van der Waals surface area (Å²) in [6.07, 6.45) is 0.980. The molecule has 0 spiro atoms. The van der Waals surface area contributed by atoms with Gasteiger partial charge in [-0.05, 0) is 43.3 Å². The molecule has 6 nitrogen and oxygen atoms in total. The monoisotopic (exact) mass is 362 g/mol. The minimum Gasteiger partial charge on any atom is -0.497 e. The molecule has 0 heterocycles. The minimum atomic E-state index is -4.10. The second-order valence-electron chi connectivity index (χ2n) is 5.11. The first-order chi connectivity index (χ1) is 11.9. The molecule has 0 unspecified atom stereocenters. The van der Waals surface area contributed by atoms with E-state index >= 15 is 0 Å². The first kappa shape index (κ1) is 18.5. The normalized spacial score (nSPS) is 11.7. The molecule has 2 rings (SSSR count). The summed E-state index contributed by atoms with van der Waals surface area (Å²) in [4.78, 5) is 11.6. The van der Waals surface area contributed by atoms with Crippen LogP contribution in [0.2, 0.25) is 0 Å². The Balaban J connectivity index is 2.40.